The van der Waals surface area contributed by atoms with Crippen LogP contribution in [0.25, 0.3) is 98.7 Å². The molecule has 0 N–H and O–H groups in total. The van der Waals surface area contributed by atoms with Crippen molar-refractivity contribution in [2.75, 3.05) is 0 Å². The van der Waals surface area contributed by atoms with Gasteiger partial charge in [-0.2, -0.15) is 0 Å². The van der Waals surface area contributed by atoms with E-state index in [-0.39, 0.29) is 0 Å². The Bertz CT molecular complexity index is 2970. The first-order valence-electron chi connectivity index (χ1n) is 15.4. The molecule has 11 rings (SSSR count). The normalized spacial score (nSPS) is 12.4. The fraction of sp³-hybridized carbons (Fsp3) is 0. The Kier molecular flexibility index (Phi) is 4.32. The molecule has 0 radical (unpaired) electrons. The third kappa shape index (κ3) is 2.95. The number of nitrogens with zero attached hydrogens (tertiary/aromatic N) is 2. The van der Waals surface area contributed by atoms with E-state index in [1.54, 1.807) is 0 Å². The van der Waals surface area contributed by atoms with Crippen LogP contribution in [0.15, 0.2) is 150 Å². The maximum Gasteiger partial charge on any atom is 0.135 e. The van der Waals surface area contributed by atoms with Crippen molar-refractivity contribution in [2.45, 2.75) is 0 Å². The molecule has 7 aromatic carbocycles. The topological polar surface area (TPSA) is 22.5 Å². The summed E-state index contributed by atoms with van der Waals surface area (Å²) in [5, 5.41) is 9.98. The lowest BCUT2D eigenvalue weighted by Crippen LogP contribution is -1.92. The monoisotopic (exact) mass is 572 g/mol. The Morgan fingerprint density at radius 1 is 0.378 bits per heavy atom. The van der Waals surface area contributed by atoms with Gasteiger partial charge in [0.15, 0.2) is 0 Å². The van der Waals surface area contributed by atoms with Gasteiger partial charge in [0.05, 0.1) is 27.6 Å². The van der Waals surface area contributed by atoms with Gasteiger partial charge in [-0.1, -0.05) is 84.9 Å². The standard InChI is InChI=1S/C42H24N2O/c1-2-10-27(11-3-1)43-36-16-8-5-14-31(36)40-37(43)20-19-30-34-24-26(23-33-28-12-4-7-15-35(28)44(41(33)34)42(30)40)25-18-21-39-32(22-25)29-13-6-9-17-38(29)45-39/h1-24H. The highest BCUT2D eigenvalue weighted by atomic mass is 16.3. The Labute approximate surface area is 257 Å². The van der Waals surface area contributed by atoms with Gasteiger partial charge in [0.25, 0.3) is 0 Å². The van der Waals surface area contributed by atoms with Crippen LogP contribution >= 0.6 is 0 Å². The molecular formula is C42H24N2O. The molecule has 4 heterocycles. The minimum absolute atomic E-state index is 0.921. The molecule has 0 amide bonds. The van der Waals surface area contributed by atoms with Crippen LogP contribution in [0.2, 0.25) is 0 Å². The SMILES string of the molecule is c1ccc(-n2c3ccccc3c3c2ccc2c4cc(-c5ccc6oc7ccccc7c6c5)cc5c6ccccc6n(c54)c23)cc1. The van der Waals surface area contributed by atoms with Gasteiger partial charge in [-0.25, -0.2) is 0 Å². The molecule has 0 unspecified atom stereocenters. The van der Waals surface area contributed by atoms with Gasteiger partial charge in [-0.05, 0) is 71.8 Å². The molecular weight excluding hydrogens is 548 g/mol. The summed E-state index contributed by atoms with van der Waals surface area (Å²) in [5.41, 5.74) is 11.7. The van der Waals surface area contributed by atoms with Crippen LogP contribution in [0.5, 0.6) is 0 Å². The number of hydrogen-bond donors (Lipinski definition) is 0. The third-order valence-electron chi connectivity index (χ3n) is 9.82. The molecule has 0 saturated carbocycles. The number of rotatable bonds is 2. The maximum atomic E-state index is 6.16. The van der Waals surface area contributed by atoms with Crippen molar-refractivity contribution in [1.29, 1.82) is 0 Å². The number of aromatic nitrogens is 2. The molecule has 3 nitrogen and oxygen atoms in total. The van der Waals surface area contributed by atoms with E-state index in [0.29, 0.717) is 0 Å². The molecule has 208 valence electrons. The van der Waals surface area contributed by atoms with Crippen LogP contribution in [-0.2, 0) is 0 Å². The van der Waals surface area contributed by atoms with E-state index in [2.05, 4.69) is 142 Å². The summed E-state index contributed by atoms with van der Waals surface area (Å²) in [7, 11) is 0. The molecule has 0 aliphatic heterocycles. The summed E-state index contributed by atoms with van der Waals surface area (Å²) >= 11 is 0. The summed E-state index contributed by atoms with van der Waals surface area (Å²) in [5.74, 6) is 0. The van der Waals surface area contributed by atoms with E-state index < -0.39 is 0 Å². The second-order valence-corrected chi connectivity index (χ2v) is 12.1. The van der Waals surface area contributed by atoms with Gasteiger partial charge in [-0.3, -0.25) is 0 Å². The van der Waals surface area contributed by atoms with Crippen molar-refractivity contribution >= 4 is 81.8 Å². The molecule has 0 atom stereocenters. The van der Waals surface area contributed by atoms with Crippen molar-refractivity contribution in [1.82, 2.24) is 8.97 Å². The summed E-state index contributed by atoms with van der Waals surface area (Å²) in [6, 6.07) is 52.8. The van der Waals surface area contributed by atoms with Gasteiger partial charge in [0.1, 0.15) is 11.2 Å². The van der Waals surface area contributed by atoms with Crippen LogP contribution in [0.1, 0.15) is 0 Å². The van der Waals surface area contributed by atoms with E-state index in [1.807, 2.05) is 12.1 Å². The van der Waals surface area contributed by atoms with Gasteiger partial charge in [0.2, 0.25) is 0 Å². The zero-order chi connectivity index (χ0) is 29.2. The highest BCUT2D eigenvalue weighted by molar-refractivity contribution is 6.31. The maximum absolute atomic E-state index is 6.16. The molecule has 11 aromatic rings. The number of hydrogen-bond acceptors (Lipinski definition) is 1. The van der Waals surface area contributed by atoms with E-state index in [0.717, 1.165) is 21.9 Å². The Morgan fingerprint density at radius 2 is 1.04 bits per heavy atom. The largest absolute Gasteiger partial charge is 0.456 e. The predicted octanol–water partition coefficient (Wildman–Crippen LogP) is 11.5. The minimum atomic E-state index is 0.921. The van der Waals surface area contributed by atoms with Crippen LogP contribution < -0.4 is 0 Å². The van der Waals surface area contributed by atoms with E-state index in [9.17, 15) is 0 Å². The van der Waals surface area contributed by atoms with Crippen LogP contribution in [-0.4, -0.2) is 8.97 Å². The highest BCUT2D eigenvalue weighted by Crippen LogP contribution is 2.46. The van der Waals surface area contributed by atoms with Crippen molar-refractivity contribution in [3.8, 4) is 16.8 Å². The third-order valence-corrected chi connectivity index (χ3v) is 9.82. The summed E-state index contributed by atoms with van der Waals surface area (Å²) in [6.45, 7) is 0. The van der Waals surface area contributed by atoms with Crippen molar-refractivity contribution < 1.29 is 4.42 Å². The second-order valence-electron chi connectivity index (χ2n) is 12.1. The minimum Gasteiger partial charge on any atom is -0.456 e. The molecule has 0 bridgehead atoms. The lowest BCUT2D eigenvalue weighted by atomic mass is 9.97. The summed E-state index contributed by atoms with van der Waals surface area (Å²) < 4.78 is 11.1. The summed E-state index contributed by atoms with van der Waals surface area (Å²) in [6.07, 6.45) is 0. The quantitative estimate of drug-likeness (QED) is 0.202. The average Bonchev–Trinajstić information content (AvgIpc) is 3.83. The Morgan fingerprint density at radius 3 is 1.91 bits per heavy atom. The van der Waals surface area contributed by atoms with Crippen molar-refractivity contribution in [2.24, 2.45) is 0 Å². The number of para-hydroxylation sites is 4. The van der Waals surface area contributed by atoms with Gasteiger partial charge in [0, 0.05) is 48.8 Å². The first-order chi connectivity index (χ1) is 22.3. The van der Waals surface area contributed by atoms with Crippen molar-refractivity contribution in [3.05, 3.63) is 146 Å². The first-order valence-corrected chi connectivity index (χ1v) is 15.4. The molecule has 0 spiro atoms. The van der Waals surface area contributed by atoms with Crippen LogP contribution in [0.3, 0.4) is 0 Å². The molecule has 45 heavy (non-hydrogen) atoms. The summed E-state index contributed by atoms with van der Waals surface area (Å²) in [4.78, 5) is 0. The number of furan rings is 1. The van der Waals surface area contributed by atoms with E-state index >= 15 is 0 Å². The predicted molar refractivity (Wildman–Crippen MR) is 188 cm³/mol. The number of benzene rings is 7. The molecule has 4 aromatic heterocycles. The average molecular weight is 573 g/mol. The van der Waals surface area contributed by atoms with Crippen LogP contribution in [0, 0.1) is 0 Å². The van der Waals surface area contributed by atoms with E-state index in [4.69, 9.17) is 4.42 Å². The Hall–Kier alpha value is -6.06. The molecule has 0 aliphatic carbocycles. The van der Waals surface area contributed by atoms with Gasteiger partial charge < -0.3 is 13.4 Å². The molecule has 3 heteroatoms. The molecule has 0 saturated heterocycles. The van der Waals surface area contributed by atoms with Crippen molar-refractivity contribution in [3.63, 3.8) is 0 Å². The van der Waals surface area contributed by atoms with Gasteiger partial charge in [-0.15, -0.1) is 0 Å². The molecule has 0 aliphatic rings. The first kappa shape index (κ1) is 23.4. The lowest BCUT2D eigenvalue weighted by Gasteiger charge is -2.07. The molecule has 0 fully saturated rings. The van der Waals surface area contributed by atoms with Crippen LogP contribution in [0.4, 0.5) is 0 Å². The zero-order valence-electron chi connectivity index (χ0n) is 24.2. The second kappa shape index (κ2) is 8.31. The highest BCUT2D eigenvalue weighted by Gasteiger charge is 2.23. The fourth-order valence-corrected chi connectivity index (χ4v) is 7.95. The van der Waals surface area contributed by atoms with E-state index in [1.165, 1.54) is 76.7 Å². The lowest BCUT2D eigenvalue weighted by molar-refractivity contribution is 0.669. The fourth-order valence-electron chi connectivity index (χ4n) is 7.95. The van der Waals surface area contributed by atoms with Gasteiger partial charge >= 0.3 is 0 Å². The Balaban J connectivity index is 1.31. The zero-order valence-corrected chi connectivity index (χ0v) is 24.2. The number of fused-ring (bicyclic) bond motifs is 13. The smallest absolute Gasteiger partial charge is 0.135 e.